The second kappa shape index (κ2) is 7.03. The molecule has 26 heavy (non-hydrogen) atoms. The van der Waals surface area contributed by atoms with Gasteiger partial charge in [-0.25, -0.2) is 4.98 Å². The number of tetrazole rings is 1. The fourth-order valence-electron chi connectivity index (χ4n) is 2.58. The van der Waals surface area contributed by atoms with E-state index in [9.17, 15) is 0 Å². The van der Waals surface area contributed by atoms with Gasteiger partial charge >= 0.3 is 0 Å². The number of nitrogens with one attached hydrogen (secondary N) is 1. The molecule has 0 unspecified atom stereocenters. The van der Waals surface area contributed by atoms with Gasteiger partial charge in [0.1, 0.15) is 11.5 Å². The minimum Gasteiger partial charge on any atom is -0.317 e. The number of halogens is 3. The van der Waals surface area contributed by atoms with E-state index in [-0.39, 0.29) is 0 Å². The molecule has 1 aromatic carbocycles. The van der Waals surface area contributed by atoms with Crippen LogP contribution in [0.25, 0.3) is 22.9 Å². The van der Waals surface area contributed by atoms with Gasteiger partial charge in [-0.1, -0.05) is 34.8 Å². The van der Waals surface area contributed by atoms with E-state index in [0.29, 0.717) is 39.0 Å². The first kappa shape index (κ1) is 17.0. The van der Waals surface area contributed by atoms with Crippen molar-refractivity contribution in [2.45, 2.75) is 6.54 Å². The molecule has 0 aliphatic heterocycles. The van der Waals surface area contributed by atoms with Crippen molar-refractivity contribution < 1.29 is 0 Å². The first-order chi connectivity index (χ1) is 12.6. The molecule has 0 saturated carbocycles. The molecule has 0 saturated heterocycles. The zero-order valence-electron chi connectivity index (χ0n) is 13.1. The van der Waals surface area contributed by atoms with Crippen molar-refractivity contribution in [2.75, 3.05) is 0 Å². The molecule has 0 spiro atoms. The number of hydrogen-bond donors (Lipinski definition) is 1. The predicted octanol–water partition coefficient (Wildman–Crippen LogP) is 4.13. The van der Waals surface area contributed by atoms with Gasteiger partial charge in [0, 0.05) is 28.0 Å². The molecule has 1 N–H and O–H groups in total. The third-order valence-electron chi connectivity index (χ3n) is 3.73. The molecule has 0 atom stereocenters. The highest BCUT2D eigenvalue weighted by atomic mass is 35.5. The van der Waals surface area contributed by atoms with E-state index in [1.54, 1.807) is 36.8 Å². The van der Waals surface area contributed by atoms with Crippen molar-refractivity contribution in [3.63, 3.8) is 0 Å². The van der Waals surface area contributed by atoms with Crippen LogP contribution in [-0.2, 0) is 6.54 Å². The number of imidazole rings is 1. The minimum absolute atomic E-state index is 0.408. The number of aromatic amines is 1. The maximum Gasteiger partial charge on any atom is 0.222 e. The van der Waals surface area contributed by atoms with Gasteiger partial charge in [-0.2, -0.15) is 5.21 Å². The van der Waals surface area contributed by atoms with Crippen molar-refractivity contribution in [2.24, 2.45) is 0 Å². The minimum atomic E-state index is 0.408. The lowest BCUT2D eigenvalue weighted by molar-refractivity contribution is 0.808. The summed E-state index contributed by atoms with van der Waals surface area (Å²) in [5, 5.41) is 15.9. The van der Waals surface area contributed by atoms with Crippen LogP contribution in [-0.4, -0.2) is 35.2 Å². The lowest BCUT2D eigenvalue weighted by Gasteiger charge is -2.12. The summed E-state index contributed by atoms with van der Waals surface area (Å²) in [5.41, 5.74) is 2.26. The number of H-pyrrole nitrogens is 1. The Bertz CT molecular complexity index is 1060. The average molecular weight is 407 g/mol. The Morgan fingerprint density at radius 2 is 1.88 bits per heavy atom. The highest BCUT2D eigenvalue weighted by Crippen LogP contribution is 2.29. The molecule has 0 bridgehead atoms. The number of pyridine rings is 1. The van der Waals surface area contributed by atoms with Crippen LogP contribution in [0.15, 0.2) is 42.9 Å². The normalized spacial score (nSPS) is 11.0. The molecular formula is C16H10Cl3N7. The quantitative estimate of drug-likeness (QED) is 0.550. The maximum absolute atomic E-state index is 6.34. The summed E-state index contributed by atoms with van der Waals surface area (Å²) in [4.78, 5) is 8.63. The number of hydrogen-bond acceptors (Lipinski definition) is 5. The van der Waals surface area contributed by atoms with Crippen LogP contribution in [0.5, 0.6) is 0 Å². The van der Waals surface area contributed by atoms with Gasteiger partial charge in [0.2, 0.25) is 5.82 Å². The number of rotatable bonds is 4. The molecule has 3 aromatic heterocycles. The molecular weight excluding hydrogens is 397 g/mol. The van der Waals surface area contributed by atoms with Crippen molar-refractivity contribution in [3.05, 3.63) is 63.5 Å². The Balaban J connectivity index is 1.87. The molecule has 3 heterocycles. The first-order valence-corrected chi connectivity index (χ1v) is 8.59. The lowest BCUT2D eigenvalue weighted by Crippen LogP contribution is -2.06. The van der Waals surface area contributed by atoms with Gasteiger partial charge in [-0.05, 0) is 35.0 Å². The topological polar surface area (TPSA) is 85.2 Å². The van der Waals surface area contributed by atoms with Crippen LogP contribution in [0.3, 0.4) is 0 Å². The van der Waals surface area contributed by atoms with Crippen LogP contribution in [0, 0.1) is 0 Å². The van der Waals surface area contributed by atoms with Gasteiger partial charge in [0.25, 0.3) is 0 Å². The van der Waals surface area contributed by atoms with E-state index in [1.165, 1.54) is 0 Å². The van der Waals surface area contributed by atoms with Gasteiger partial charge < -0.3 is 4.57 Å². The zero-order chi connectivity index (χ0) is 18.1. The molecule has 0 aliphatic carbocycles. The van der Waals surface area contributed by atoms with E-state index < -0.39 is 0 Å². The SMILES string of the molecule is Clc1cncc(-c2ncc(-c3nn[nH]n3)n2Cc2cc(Cl)ccc2Cl)c1. The Labute approximate surface area is 163 Å². The highest BCUT2D eigenvalue weighted by Gasteiger charge is 2.18. The van der Waals surface area contributed by atoms with Crippen LogP contribution >= 0.6 is 34.8 Å². The van der Waals surface area contributed by atoms with Crippen molar-refractivity contribution in [1.29, 1.82) is 0 Å². The Morgan fingerprint density at radius 3 is 2.65 bits per heavy atom. The Hall–Kier alpha value is -2.48. The summed E-state index contributed by atoms with van der Waals surface area (Å²) in [6, 6.07) is 7.09. The smallest absolute Gasteiger partial charge is 0.222 e. The zero-order valence-corrected chi connectivity index (χ0v) is 15.3. The maximum atomic E-state index is 6.34. The summed E-state index contributed by atoms with van der Waals surface area (Å²) in [6.07, 6.45) is 4.91. The largest absolute Gasteiger partial charge is 0.317 e. The second-order valence-corrected chi connectivity index (χ2v) is 6.70. The molecule has 4 aromatic rings. The van der Waals surface area contributed by atoms with Gasteiger partial charge in [0.15, 0.2) is 0 Å². The first-order valence-electron chi connectivity index (χ1n) is 7.46. The third kappa shape index (κ3) is 3.29. The summed E-state index contributed by atoms with van der Waals surface area (Å²) in [5.74, 6) is 1.06. The molecule has 0 amide bonds. The van der Waals surface area contributed by atoms with E-state index >= 15 is 0 Å². The van der Waals surface area contributed by atoms with Crippen molar-refractivity contribution in [1.82, 2.24) is 35.2 Å². The van der Waals surface area contributed by atoms with E-state index in [2.05, 4.69) is 30.6 Å². The summed E-state index contributed by atoms with van der Waals surface area (Å²) < 4.78 is 1.91. The fraction of sp³-hybridized carbons (Fsp3) is 0.0625. The molecule has 7 nitrogen and oxygen atoms in total. The van der Waals surface area contributed by atoms with Crippen LogP contribution in [0.4, 0.5) is 0 Å². The standard InChI is InChI=1S/C16H10Cl3N7/c17-11-1-2-13(19)10(4-11)8-26-14(15-22-24-25-23-15)7-21-16(26)9-3-12(18)6-20-5-9/h1-7H,8H2,(H,22,23,24,25). The lowest BCUT2D eigenvalue weighted by atomic mass is 10.2. The number of nitrogens with zero attached hydrogens (tertiary/aromatic N) is 6. The van der Waals surface area contributed by atoms with E-state index in [4.69, 9.17) is 34.8 Å². The van der Waals surface area contributed by atoms with Crippen molar-refractivity contribution in [3.8, 4) is 22.9 Å². The summed E-state index contributed by atoms with van der Waals surface area (Å²) >= 11 is 18.5. The van der Waals surface area contributed by atoms with Crippen LogP contribution < -0.4 is 0 Å². The monoisotopic (exact) mass is 405 g/mol. The Kier molecular flexibility index (Phi) is 4.58. The molecule has 0 aliphatic rings. The van der Waals surface area contributed by atoms with E-state index in [1.807, 2.05) is 10.6 Å². The molecule has 0 fully saturated rings. The van der Waals surface area contributed by atoms with Crippen LogP contribution in [0.1, 0.15) is 5.56 Å². The molecule has 130 valence electrons. The van der Waals surface area contributed by atoms with Gasteiger partial charge in [0.05, 0.1) is 17.8 Å². The second-order valence-electron chi connectivity index (χ2n) is 5.42. The summed E-state index contributed by atoms with van der Waals surface area (Å²) in [7, 11) is 0. The van der Waals surface area contributed by atoms with Crippen LogP contribution in [0.2, 0.25) is 15.1 Å². The molecule has 4 rings (SSSR count). The number of aromatic nitrogens is 7. The summed E-state index contributed by atoms with van der Waals surface area (Å²) in [6.45, 7) is 0.408. The molecule has 0 radical (unpaired) electrons. The number of benzene rings is 1. The average Bonchev–Trinajstić information content (AvgIpc) is 3.27. The predicted molar refractivity (Wildman–Crippen MR) is 99.2 cm³/mol. The molecule has 10 heteroatoms. The van der Waals surface area contributed by atoms with Crippen molar-refractivity contribution >= 4 is 34.8 Å². The van der Waals surface area contributed by atoms with E-state index in [0.717, 1.165) is 11.1 Å². The highest BCUT2D eigenvalue weighted by molar-refractivity contribution is 6.33. The fourth-order valence-corrected chi connectivity index (χ4v) is 3.13. The van der Waals surface area contributed by atoms with Gasteiger partial charge in [-0.15, -0.1) is 10.2 Å². The Morgan fingerprint density at radius 1 is 1.00 bits per heavy atom. The third-order valence-corrected chi connectivity index (χ3v) is 4.54. The van der Waals surface area contributed by atoms with Gasteiger partial charge in [-0.3, -0.25) is 4.98 Å².